The summed E-state index contributed by atoms with van der Waals surface area (Å²) < 4.78 is 0. The number of pyridine rings is 1. The van der Waals surface area contributed by atoms with Gasteiger partial charge >= 0.3 is 0 Å². The summed E-state index contributed by atoms with van der Waals surface area (Å²) in [6.07, 6.45) is 8.08. The van der Waals surface area contributed by atoms with E-state index in [0.29, 0.717) is 11.1 Å². The molecule has 0 amide bonds. The highest BCUT2D eigenvalue weighted by Gasteiger charge is 2.11. The van der Waals surface area contributed by atoms with Crippen LogP contribution < -0.4 is 5.32 Å². The first kappa shape index (κ1) is 14.2. The van der Waals surface area contributed by atoms with E-state index in [-0.39, 0.29) is 0 Å². The Kier molecular flexibility index (Phi) is 6.90. The van der Waals surface area contributed by atoms with Gasteiger partial charge in [0.2, 0.25) is 0 Å². The largest absolute Gasteiger partial charge is 0.309 e. The third-order valence-corrected chi connectivity index (χ3v) is 2.87. The molecule has 94 valence electrons. The predicted octanol–water partition coefficient (Wildman–Crippen LogP) is 4.13. The first-order chi connectivity index (χ1) is 8.27. The lowest BCUT2D eigenvalue weighted by Crippen LogP contribution is -2.23. The number of hydrogen-bond acceptors (Lipinski definition) is 2. The SMILES string of the molecule is C=CCCCC(NCCC)c1ccc(Cl)cn1. The summed E-state index contributed by atoms with van der Waals surface area (Å²) in [6, 6.07) is 4.23. The van der Waals surface area contributed by atoms with Gasteiger partial charge in [0.25, 0.3) is 0 Å². The van der Waals surface area contributed by atoms with Gasteiger partial charge in [0, 0.05) is 12.2 Å². The van der Waals surface area contributed by atoms with Crippen molar-refractivity contribution in [3.63, 3.8) is 0 Å². The van der Waals surface area contributed by atoms with Crippen molar-refractivity contribution in [3.8, 4) is 0 Å². The second-order valence-corrected chi connectivity index (χ2v) is 4.56. The minimum atomic E-state index is 0.326. The van der Waals surface area contributed by atoms with Gasteiger partial charge in [0.1, 0.15) is 0 Å². The molecule has 0 aliphatic rings. The minimum absolute atomic E-state index is 0.326. The van der Waals surface area contributed by atoms with Gasteiger partial charge in [-0.2, -0.15) is 0 Å². The van der Waals surface area contributed by atoms with Crippen molar-refractivity contribution in [3.05, 3.63) is 41.7 Å². The Bertz CT molecular complexity index is 321. The maximum Gasteiger partial charge on any atom is 0.0589 e. The normalized spacial score (nSPS) is 12.4. The molecular weight excluding hydrogens is 232 g/mol. The third-order valence-electron chi connectivity index (χ3n) is 2.65. The number of nitrogens with zero attached hydrogens (tertiary/aromatic N) is 1. The van der Waals surface area contributed by atoms with E-state index in [2.05, 4.69) is 23.8 Å². The Morgan fingerprint density at radius 2 is 2.35 bits per heavy atom. The highest BCUT2D eigenvalue weighted by Crippen LogP contribution is 2.19. The van der Waals surface area contributed by atoms with Crippen molar-refractivity contribution in [1.82, 2.24) is 10.3 Å². The lowest BCUT2D eigenvalue weighted by molar-refractivity contribution is 0.476. The van der Waals surface area contributed by atoms with Crippen molar-refractivity contribution in [2.24, 2.45) is 0 Å². The fourth-order valence-corrected chi connectivity index (χ4v) is 1.84. The van der Waals surface area contributed by atoms with Gasteiger partial charge in [-0.1, -0.05) is 24.6 Å². The molecule has 1 rings (SSSR count). The zero-order valence-electron chi connectivity index (χ0n) is 10.5. The predicted molar refractivity (Wildman–Crippen MR) is 74.3 cm³/mol. The van der Waals surface area contributed by atoms with Crippen LogP contribution in [0.25, 0.3) is 0 Å². The fraction of sp³-hybridized carbons (Fsp3) is 0.500. The van der Waals surface area contributed by atoms with Gasteiger partial charge in [-0.15, -0.1) is 6.58 Å². The number of hydrogen-bond donors (Lipinski definition) is 1. The number of aromatic nitrogens is 1. The van der Waals surface area contributed by atoms with E-state index in [1.165, 1.54) is 0 Å². The maximum atomic E-state index is 5.85. The summed E-state index contributed by atoms with van der Waals surface area (Å²) in [5, 5.41) is 4.21. The molecule has 2 nitrogen and oxygen atoms in total. The number of allylic oxidation sites excluding steroid dienone is 1. The first-order valence-corrected chi connectivity index (χ1v) is 6.61. The lowest BCUT2D eigenvalue weighted by Gasteiger charge is -2.17. The minimum Gasteiger partial charge on any atom is -0.309 e. The third kappa shape index (κ3) is 5.33. The smallest absolute Gasteiger partial charge is 0.0589 e. The van der Waals surface area contributed by atoms with Crippen LogP contribution in [0.3, 0.4) is 0 Å². The van der Waals surface area contributed by atoms with E-state index < -0.39 is 0 Å². The Balaban J connectivity index is 2.60. The van der Waals surface area contributed by atoms with Gasteiger partial charge in [-0.3, -0.25) is 4.98 Å². The van der Waals surface area contributed by atoms with E-state index in [1.807, 2.05) is 18.2 Å². The molecule has 1 aromatic rings. The highest BCUT2D eigenvalue weighted by atomic mass is 35.5. The molecule has 1 heterocycles. The molecule has 1 unspecified atom stereocenters. The van der Waals surface area contributed by atoms with E-state index >= 15 is 0 Å². The van der Waals surface area contributed by atoms with E-state index in [1.54, 1.807) is 6.20 Å². The monoisotopic (exact) mass is 252 g/mol. The van der Waals surface area contributed by atoms with E-state index in [4.69, 9.17) is 11.6 Å². The van der Waals surface area contributed by atoms with Crippen molar-refractivity contribution >= 4 is 11.6 Å². The lowest BCUT2D eigenvalue weighted by atomic mass is 10.1. The average molecular weight is 253 g/mol. The molecule has 0 aliphatic heterocycles. The Hall–Kier alpha value is -0.860. The van der Waals surface area contributed by atoms with E-state index in [0.717, 1.165) is 37.9 Å². The Morgan fingerprint density at radius 3 is 2.94 bits per heavy atom. The van der Waals surface area contributed by atoms with Crippen molar-refractivity contribution in [1.29, 1.82) is 0 Å². The summed E-state index contributed by atoms with van der Waals surface area (Å²) in [7, 11) is 0. The average Bonchev–Trinajstić information content (AvgIpc) is 2.35. The van der Waals surface area contributed by atoms with Crippen molar-refractivity contribution in [2.75, 3.05) is 6.54 Å². The quantitative estimate of drug-likeness (QED) is 0.556. The number of halogens is 1. The van der Waals surface area contributed by atoms with Crippen LogP contribution in [0, 0.1) is 0 Å². The molecule has 0 aromatic carbocycles. The molecule has 0 bridgehead atoms. The van der Waals surface area contributed by atoms with Crippen molar-refractivity contribution in [2.45, 2.75) is 38.6 Å². The van der Waals surface area contributed by atoms with Crippen LogP contribution >= 0.6 is 11.6 Å². The standard InChI is InChI=1S/C14H21ClN2/c1-3-5-6-7-13(16-10-4-2)14-9-8-12(15)11-17-14/h3,8-9,11,13,16H,1,4-7,10H2,2H3. The van der Waals surface area contributed by atoms with Crippen LogP contribution in [0.4, 0.5) is 0 Å². The second-order valence-electron chi connectivity index (χ2n) is 4.13. The molecule has 0 saturated heterocycles. The molecule has 0 saturated carbocycles. The zero-order valence-corrected chi connectivity index (χ0v) is 11.2. The van der Waals surface area contributed by atoms with Gasteiger partial charge in [-0.05, 0) is 44.4 Å². The molecule has 17 heavy (non-hydrogen) atoms. The molecular formula is C14H21ClN2. The first-order valence-electron chi connectivity index (χ1n) is 6.23. The zero-order chi connectivity index (χ0) is 12.5. The van der Waals surface area contributed by atoms with Gasteiger partial charge in [-0.25, -0.2) is 0 Å². The van der Waals surface area contributed by atoms with Crippen LogP contribution in [0.5, 0.6) is 0 Å². The molecule has 0 radical (unpaired) electrons. The molecule has 1 aromatic heterocycles. The maximum absolute atomic E-state index is 5.85. The summed E-state index contributed by atoms with van der Waals surface area (Å²) in [5.74, 6) is 0. The summed E-state index contributed by atoms with van der Waals surface area (Å²) in [4.78, 5) is 4.39. The Labute approximate surface area is 109 Å². The van der Waals surface area contributed by atoms with Gasteiger partial charge < -0.3 is 5.32 Å². The van der Waals surface area contributed by atoms with Crippen LogP contribution in [0.2, 0.25) is 5.02 Å². The number of rotatable bonds is 8. The number of unbranched alkanes of at least 4 members (excludes halogenated alkanes) is 1. The van der Waals surface area contributed by atoms with Crippen LogP contribution in [-0.4, -0.2) is 11.5 Å². The molecule has 0 spiro atoms. The fourth-order valence-electron chi connectivity index (χ4n) is 1.73. The molecule has 1 atom stereocenters. The molecule has 3 heteroatoms. The van der Waals surface area contributed by atoms with E-state index in [9.17, 15) is 0 Å². The van der Waals surface area contributed by atoms with Crippen molar-refractivity contribution < 1.29 is 0 Å². The summed E-state index contributed by atoms with van der Waals surface area (Å²) in [5.41, 5.74) is 1.08. The van der Waals surface area contributed by atoms with Gasteiger partial charge in [0.05, 0.1) is 10.7 Å². The molecule has 0 aliphatic carbocycles. The van der Waals surface area contributed by atoms with Gasteiger partial charge in [0.15, 0.2) is 0 Å². The molecule has 1 N–H and O–H groups in total. The topological polar surface area (TPSA) is 24.9 Å². The number of nitrogens with one attached hydrogen (secondary N) is 1. The van der Waals surface area contributed by atoms with Crippen LogP contribution in [0.15, 0.2) is 31.0 Å². The van der Waals surface area contributed by atoms with Crippen LogP contribution in [-0.2, 0) is 0 Å². The second kappa shape index (κ2) is 8.26. The van der Waals surface area contributed by atoms with Crippen LogP contribution in [0.1, 0.15) is 44.3 Å². The summed E-state index contributed by atoms with van der Waals surface area (Å²) in [6.45, 7) is 6.94. The Morgan fingerprint density at radius 1 is 1.53 bits per heavy atom. The summed E-state index contributed by atoms with van der Waals surface area (Å²) >= 11 is 5.85. The molecule has 0 fully saturated rings. The highest BCUT2D eigenvalue weighted by molar-refractivity contribution is 6.30.